The van der Waals surface area contributed by atoms with Gasteiger partial charge in [-0.2, -0.15) is 0 Å². The minimum Gasteiger partial charge on any atom is -0.295 e. The monoisotopic (exact) mass is 272 g/mol. The lowest BCUT2D eigenvalue weighted by atomic mass is 10.1. The van der Waals surface area contributed by atoms with Crippen molar-refractivity contribution in [3.05, 3.63) is 51.4 Å². The maximum absolute atomic E-state index is 12.6. The molecule has 1 N–H and O–H groups in total. The average molecular weight is 272 g/mol. The van der Waals surface area contributed by atoms with Crippen LogP contribution in [0.1, 0.15) is 49.9 Å². The van der Waals surface area contributed by atoms with Crippen LogP contribution in [0.3, 0.4) is 0 Å². The fourth-order valence-corrected chi connectivity index (χ4v) is 2.46. The second kappa shape index (κ2) is 6.60. The zero-order chi connectivity index (χ0) is 14.5. The Morgan fingerprint density at radius 1 is 1.05 bits per heavy atom. The molecule has 0 spiro atoms. The fourth-order valence-electron chi connectivity index (χ4n) is 2.46. The molecule has 3 nitrogen and oxygen atoms in total. The van der Waals surface area contributed by atoms with E-state index in [-0.39, 0.29) is 5.56 Å². The first-order valence-corrected chi connectivity index (χ1v) is 7.57. The molecule has 2 aromatic rings. The molecular weight excluding hydrogens is 248 g/mol. The summed E-state index contributed by atoms with van der Waals surface area (Å²) < 4.78 is 1.69. The molecule has 108 valence electrons. The number of hydrogen-bond acceptors (Lipinski definition) is 1. The maximum atomic E-state index is 12.6. The van der Waals surface area contributed by atoms with Crippen molar-refractivity contribution in [3.63, 3.8) is 0 Å². The molecule has 0 atom stereocenters. The van der Waals surface area contributed by atoms with Crippen LogP contribution in [0.5, 0.6) is 0 Å². The standard InChI is InChI=1S/C17H24N2O/c1-4-6-8-16-15(7-5-2)17(20)19(18-16)14-11-9-13(3)10-12-14/h9-12,18H,4-8H2,1-3H3. The van der Waals surface area contributed by atoms with Crippen molar-refractivity contribution in [2.75, 3.05) is 0 Å². The molecule has 0 aliphatic rings. The van der Waals surface area contributed by atoms with Crippen molar-refractivity contribution >= 4 is 0 Å². The lowest BCUT2D eigenvalue weighted by Crippen LogP contribution is -2.17. The van der Waals surface area contributed by atoms with Gasteiger partial charge in [0.25, 0.3) is 5.56 Å². The highest BCUT2D eigenvalue weighted by molar-refractivity contribution is 5.35. The average Bonchev–Trinajstić information content (AvgIpc) is 2.75. The molecule has 2 rings (SSSR count). The van der Waals surface area contributed by atoms with Crippen LogP contribution in [0.25, 0.3) is 5.69 Å². The van der Waals surface area contributed by atoms with Gasteiger partial charge in [0.05, 0.1) is 5.69 Å². The first-order chi connectivity index (χ1) is 9.67. The summed E-state index contributed by atoms with van der Waals surface area (Å²) in [6, 6.07) is 8.06. The number of benzene rings is 1. The van der Waals surface area contributed by atoms with Gasteiger partial charge in [0.15, 0.2) is 0 Å². The number of nitrogens with zero attached hydrogens (tertiary/aromatic N) is 1. The molecule has 1 aromatic carbocycles. The van der Waals surface area contributed by atoms with Crippen molar-refractivity contribution in [1.82, 2.24) is 9.78 Å². The van der Waals surface area contributed by atoms with Gasteiger partial charge in [-0.05, 0) is 38.3 Å². The van der Waals surface area contributed by atoms with Crippen LogP contribution in [0.15, 0.2) is 29.1 Å². The summed E-state index contributed by atoms with van der Waals surface area (Å²) in [6.07, 6.45) is 5.07. The van der Waals surface area contributed by atoms with E-state index in [0.717, 1.165) is 49.0 Å². The maximum Gasteiger partial charge on any atom is 0.274 e. The number of hydrogen-bond donors (Lipinski definition) is 1. The van der Waals surface area contributed by atoms with E-state index in [4.69, 9.17) is 0 Å². The van der Waals surface area contributed by atoms with Crippen molar-refractivity contribution in [2.45, 2.75) is 52.9 Å². The highest BCUT2D eigenvalue weighted by Gasteiger charge is 2.13. The highest BCUT2D eigenvalue weighted by atomic mass is 16.1. The van der Waals surface area contributed by atoms with Crippen LogP contribution in [-0.4, -0.2) is 9.78 Å². The summed E-state index contributed by atoms with van der Waals surface area (Å²) in [5.41, 5.74) is 4.30. The molecule has 0 saturated heterocycles. The fraction of sp³-hybridized carbons (Fsp3) is 0.471. The third-order valence-corrected chi connectivity index (χ3v) is 3.64. The minimum atomic E-state index is 0.113. The van der Waals surface area contributed by atoms with Gasteiger partial charge in [0.2, 0.25) is 0 Å². The summed E-state index contributed by atoms with van der Waals surface area (Å²) in [5.74, 6) is 0. The highest BCUT2D eigenvalue weighted by Crippen LogP contribution is 2.12. The van der Waals surface area contributed by atoms with E-state index in [1.54, 1.807) is 4.68 Å². The van der Waals surface area contributed by atoms with Crippen LogP contribution in [0.2, 0.25) is 0 Å². The summed E-state index contributed by atoms with van der Waals surface area (Å²) in [4.78, 5) is 12.6. The Bertz CT molecular complexity index is 605. The second-order valence-corrected chi connectivity index (χ2v) is 5.40. The first-order valence-electron chi connectivity index (χ1n) is 7.57. The normalized spacial score (nSPS) is 10.9. The number of nitrogens with one attached hydrogen (secondary N) is 1. The van der Waals surface area contributed by atoms with Gasteiger partial charge < -0.3 is 0 Å². The molecule has 3 heteroatoms. The Morgan fingerprint density at radius 3 is 2.35 bits per heavy atom. The third-order valence-electron chi connectivity index (χ3n) is 3.64. The van der Waals surface area contributed by atoms with Crippen LogP contribution in [0, 0.1) is 6.92 Å². The lowest BCUT2D eigenvalue weighted by molar-refractivity contribution is 0.743. The van der Waals surface area contributed by atoms with Gasteiger partial charge in [0.1, 0.15) is 0 Å². The third kappa shape index (κ3) is 3.03. The van der Waals surface area contributed by atoms with Crippen LogP contribution in [-0.2, 0) is 12.8 Å². The molecule has 0 radical (unpaired) electrons. The van der Waals surface area contributed by atoms with Crippen molar-refractivity contribution in [2.24, 2.45) is 0 Å². The van der Waals surface area contributed by atoms with E-state index >= 15 is 0 Å². The largest absolute Gasteiger partial charge is 0.295 e. The summed E-state index contributed by atoms with van der Waals surface area (Å²) in [5, 5.41) is 3.31. The SMILES string of the molecule is CCCCc1[nH]n(-c2ccc(C)cc2)c(=O)c1CCC. The lowest BCUT2D eigenvalue weighted by Gasteiger charge is -2.02. The number of unbranched alkanes of at least 4 members (excludes halogenated alkanes) is 1. The van der Waals surface area contributed by atoms with Crippen LogP contribution < -0.4 is 5.56 Å². The topological polar surface area (TPSA) is 37.8 Å². The molecule has 20 heavy (non-hydrogen) atoms. The van der Waals surface area contributed by atoms with Gasteiger partial charge in [0, 0.05) is 11.3 Å². The van der Waals surface area contributed by atoms with E-state index in [1.165, 1.54) is 5.56 Å². The van der Waals surface area contributed by atoms with Gasteiger partial charge in [-0.1, -0.05) is 44.4 Å². The number of aromatic amines is 1. The summed E-state index contributed by atoms with van der Waals surface area (Å²) >= 11 is 0. The van der Waals surface area contributed by atoms with E-state index in [9.17, 15) is 4.79 Å². The zero-order valence-electron chi connectivity index (χ0n) is 12.7. The van der Waals surface area contributed by atoms with Gasteiger partial charge >= 0.3 is 0 Å². The van der Waals surface area contributed by atoms with E-state index in [0.29, 0.717) is 0 Å². The minimum absolute atomic E-state index is 0.113. The quantitative estimate of drug-likeness (QED) is 0.854. The van der Waals surface area contributed by atoms with Crippen molar-refractivity contribution < 1.29 is 0 Å². The number of H-pyrrole nitrogens is 1. The Morgan fingerprint density at radius 2 is 1.75 bits per heavy atom. The molecule has 0 amide bonds. The number of aromatic nitrogens is 2. The number of rotatable bonds is 6. The van der Waals surface area contributed by atoms with Gasteiger partial charge in [-0.3, -0.25) is 9.89 Å². The second-order valence-electron chi connectivity index (χ2n) is 5.40. The van der Waals surface area contributed by atoms with E-state index in [1.807, 2.05) is 24.3 Å². The predicted molar refractivity (Wildman–Crippen MR) is 83.7 cm³/mol. The molecular formula is C17H24N2O. The molecule has 0 bridgehead atoms. The van der Waals surface area contributed by atoms with E-state index < -0.39 is 0 Å². The number of aryl methyl sites for hydroxylation is 2. The van der Waals surface area contributed by atoms with Crippen molar-refractivity contribution in [1.29, 1.82) is 0 Å². The molecule has 0 unspecified atom stereocenters. The smallest absolute Gasteiger partial charge is 0.274 e. The summed E-state index contributed by atoms with van der Waals surface area (Å²) in [6.45, 7) is 6.34. The molecule has 0 aliphatic heterocycles. The molecule has 0 saturated carbocycles. The first kappa shape index (κ1) is 14.6. The van der Waals surface area contributed by atoms with Crippen molar-refractivity contribution in [3.8, 4) is 5.69 Å². The van der Waals surface area contributed by atoms with Crippen LogP contribution in [0.4, 0.5) is 0 Å². The molecule has 1 heterocycles. The predicted octanol–water partition coefficient (Wildman–Crippen LogP) is 3.77. The molecule has 0 fully saturated rings. The Labute approximate surface area is 120 Å². The Kier molecular flexibility index (Phi) is 4.83. The Balaban J connectivity index is 2.43. The van der Waals surface area contributed by atoms with E-state index in [2.05, 4.69) is 25.9 Å². The molecule has 1 aromatic heterocycles. The zero-order valence-corrected chi connectivity index (χ0v) is 12.7. The van der Waals surface area contributed by atoms with Gasteiger partial charge in [-0.15, -0.1) is 0 Å². The van der Waals surface area contributed by atoms with Crippen LogP contribution >= 0.6 is 0 Å². The Hall–Kier alpha value is -1.77. The summed E-state index contributed by atoms with van der Waals surface area (Å²) in [7, 11) is 0. The molecule has 0 aliphatic carbocycles. The van der Waals surface area contributed by atoms with Gasteiger partial charge in [-0.25, -0.2) is 4.68 Å².